The Balaban J connectivity index is 1.75. The van der Waals surface area contributed by atoms with Crippen LogP contribution in [0.4, 0.5) is 0 Å². The van der Waals surface area contributed by atoms with Gasteiger partial charge in [-0.25, -0.2) is 4.79 Å². The zero-order valence-corrected chi connectivity index (χ0v) is 23.5. The molecule has 3 rings (SSSR count). The molecule has 1 aromatic rings. The number of hydrogen-bond donors (Lipinski definition) is 2. The number of esters is 1. The van der Waals surface area contributed by atoms with E-state index in [4.69, 9.17) is 14.2 Å². The van der Waals surface area contributed by atoms with Gasteiger partial charge in [0.2, 0.25) is 11.8 Å². The van der Waals surface area contributed by atoms with Gasteiger partial charge < -0.3 is 34.4 Å². The van der Waals surface area contributed by atoms with Gasteiger partial charge in [0, 0.05) is 26.1 Å². The Bertz CT molecular complexity index is 1030. The van der Waals surface area contributed by atoms with Crippen LogP contribution >= 0.6 is 0 Å². The molecule has 0 radical (unpaired) electrons. The van der Waals surface area contributed by atoms with Gasteiger partial charge in [-0.05, 0) is 45.2 Å². The summed E-state index contributed by atoms with van der Waals surface area (Å²) >= 11 is 0. The molecule has 0 bridgehead atoms. The molecule has 0 saturated carbocycles. The number of carbonyl (C=O) groups is 4. The van der Waals surface area contributed by atoms with Gasteiger partial charge in [-0.15, -0.1) is 0 Å². The minimum Gasteiger partial charge on any atom is -0.481 e. The van der Waals surface area contributed by atoms with Gasteiger partial charge >= 0.3 is 5.97 Å². The third kappa shape index (κ3) is 8.66. The van der Waals surface area contributed by atoms with Crippen LogP contribution in [0.3, 0.4) is 0 Å². The predicted octanol–water partition coefficient (Wildman–Crippen LogP) is 1.37. The fraction of sp³-hybridized carbons (Fsp3) is 0.643. The quantitative estimate of drug-likeness (QED) is 0.443. The number of β-amino-alcohol motifs (C(OH)–C–C–N with tert-alkyl or cyclic N) is 1. The fourth-order valence-corrected chi connectivity index (χ4v) is 4.70. The number of amides is 3. The van der Waals surface area contributed by atoms with Crippen LogP contribution in [0, 0.1) is 5.92 Å². The SMILES string of the molecule is CC(C)C[C@@H](NC(=O)c1ccccc1OCC(=O)OC(C)(C)C)C(=O)N1C[C@@H](O)C[C@@H]1C(=O)N1CCOCC1. The molecule has 0 aliphatic carbocycles. The molecule has 0 spiro atoms. The van der Waals surface area contributed by atoms with Crippen molar-refractivity contribution in [2.75, 3.05) is 39.5 Å². The molecule has 3 atom stereocenters. The van der Waals surface area contributed by atoms with Gasteiger partial charge in [0.1, 0.15) is 23.4 Å². The van der Waals surface area contributed by atoms with Crippen molar-refractivity contribution >= 4 is 23.7 Å². The summed E-state index contributed by atoms with van der Waals surface area (Å²) in [6.07, 6.45) is -0.358. The highest BCUT2D eigenvalue weighted by atomic mass is 16.6. The Hall–Kier alpha value is -3.18. The monoisotopic (exact) mass is 547 g/mol. The molecule has 11 heteroatoms. The second-order valence-electron chi connectivity index (χ2n) is 11.4. The summed E-state index contributed by atoms with van der Waals surface area (Å²) in [5.74, 6) is -1.54. The number of para-hydroxylation sites is 1. The Morgan fingerprint density at radius 2 is 1.79 bits per heavy atom. The number of hydrogen-bond acceptors (Lipinski definition) is 8. The minimum atomic E-state index is -0.929. The number of carbonyl (C=O) groups excluding carboxylic acids is 4. The van der Waals surface area contributed by atoms with Crippen molar-refractivity contribution in [3.63, 3.8) is 0 Å². The molecule has 11 nitrogen and oxygen atoms in total. The lowest BCUT2D eigenvalue weighted by Gasteiger charge is -2.34. The number of nitrogens with zero attached hydrogens (tertiary/aromatic N) is 2. The normalized spacial score (nSPS) is 20.5. The lowest BCUT2D eigenvalue weighted by Crippen LogP contribution is -2.55. The highest BCUT2D eigenvalue weighted by molar-refractivity contribution is 6.00. The van der Waals surface area contributed by atoms with E-state index in [2.05, 4.69) is 5.32 Å². The van der Waals surface area contributed by atoms with Crippen LogP contribution in [0.25, 0.3) is 0 Å². The number of aliphatic hydroxyl groups is 1. The molecule has 39 heavy (non-hydrogen) atoms. The standard InChI is InChI=1S/C28H41N3O8/c1-18(2)14-21(26(35)31-16-19(32)15-22(31)27(36)30-10-12-37-13-11-30)29-25(34)20-8-6-7-9-23(20)38-17-24(33)39-28(3,4)5/h6-9,18-19,21-22,32H,10-17H2,1-5H3,(H,29,34)/t19-,21+,22+/m0/s1. The summed E-state index contributed by atoms with van der Waals surface area (Å²) < 4.78 is 16.2. The zero-order chi connectivity index (χ0) is 28.7. The van der Waals surface area contributed by atoms with E-state index in [1.54, 1.807) is 49.9 Å². The molecular formula is C28H41N3O8. The molecule has 3 amide bonds. The minimum absolute atomic E-state index is 0.0135. The van der Waals surface area contributed by atoms with E-state index in [-0.39, 0.29) is 42.7 Å². The van der Waals surface area contributed by atoms with Crippen LogP contribution in [0.2, 0.25) is 0 Å². The van der Waals surface area contributed by atoms with Crippen molar-refractivity contribution < 1.29 is 38.5 Å². The molecule has 2 heterocycles. The second-order valence-corrected chi connectivity index (χ2v) is 11.4. The first-order valence-electron chi connectivity index (χ1n) is 13.5. The Morgan fingerprint density at radius 3 is 2.44 bits per heavy atom. The predicted molar refractivity (Wildman–Crippen MR) is 142 cm³/mol. The van der Waals surface area contributed by atoms with E-state index in [0.29, 0.717) is 32.7 Å². The smallest absolute Gasteiger partial charge is 0.344 e. The first-order valence-corrected chi connectivity index (χ1v) is 13.5. The molecule has 2 saturated heterocycles. The molecule has 0 unspecified atom stereocenters. The largest absolute Gasteiger partial charge is 0.481 e. The van der Waals surface area contributed by atoms with Gasteiger partial charge in [0.15, 0.2) is 6.61 Å². The summed E-state index contributed by atoms with van der Waals surface area (Å²) in [6.45, 7) is 10.4. The van der Waals surface area contributed by atoms with Crippen molar-refractivity contribution in [2.24, 2.45) is 5.92 Å². The second kappa shape index (κ2) is 13.3. The van der Waals surface area contributed by atoms with Crippen molar-refractivity contribution in [1.82, 2.24) is 15.1 Å². The number of morpholine rings is 1. The topological polar surface area (TPSA) is 135 Å². The van der Waals surface area contributed by atoms with Gasteiger partial charge in [-0.3, -0.25) is 14.4 Å². The zero-order valence-electron chi connectivity index (χ0n) is 23.5. The van der Waals surface area contributed by atoms with Gasteiger partial charge in [0.05, 0.1) is 24.9 Å². The van der Waals surface area contributed by atoms with E-state index in [1.807, 2.05) is 13.8 Å². The number of aliphatic hydroxyl groups excluding tert-OH is 1. The average molecular weight is 548 g/mol. The van der Waals surface area contributed by atoms with Crippen LogP contribution in [0.15, 0.2) is 24.3 Å². The first-order chi connectivity index (χ1) is 18.4. The molecule has 216 valence electrons. The lowest BCUT2D eigenvalue weighted by molar-refractivity contribution is -0.157. The summed E-state index contributed by atoms with van der Waals surface area (Å²) in [6, 6.07) is 4.70. The summed E-state index contributed by atoms with van der Waals surface area (Å²) in [7, 11) is 0. The van der Waals surface area contributed by atoms with E-state index in [0.717, 1.165) is 0 Å². The Morgan fingerprint density at radius 1 is 1.13 bits per heavy atom. The van der Waals surface area contributed by atoms with Crippen LogP contribution < -0.4 is 10.1 Å². The highest BCUT2D eigenvalue weighted by Gasteiger charge is 2.43. The lowest BCUT2D eigenvalue weighted by atomic mass is 10.0. The molecule has 2 aliphatic heterocycles. The van der Waals surface area contributed by atoms with Crippen molar-refractivity contribution in [2.45, 2.75) is 71.2 Å². The first kappa shape index (κ1) is 30.4. The molecule has 2 fully saturated rings. The number of nitrogens with one attached hydrogen (secondary N) is 1. The maximum absolute atomic E-state index is 13.7. The summed E-state index contributed by atoms with van der Waals surface area (Å²) in [4.78, 5) is 55.5. The van der Waals surface area contributed by atoms with Crippen molar-refractivity contribution in [1.29, 1.82) is 0 Å². The average Bonchev–Trinajstić information content (AvgIpc) is 3.27. The third-order valence-corrected chi connectivity index (χ3v) is 6.38. The van der Waals surface area contributed by atoms with E-state index in [1.165, 1.54) is 4.90 Å². The summed E-state index contributed by atoms with van der Waals surface area (Å²) in [5.41, 5.74) is -0.517. The van der Waals surface area contributed by atoms with E-state index in [9.17, 15) is 24.3 Å². The van der Waals surface area contributed by atoms with Gasteiger partial charge in [-0.1, -0.05) is 26.0 Å². The number of likely N-dealkylation sites (tertiary alicyclic amines) is 1. The van der Waals surface area contributed by atoms with Crippen LogP contribution in [-0.2, 0) is 23.9 Å². The highest BCUT2D eigenvalue weighted by Crippen LogP contribution is 2.24. The van der Waals surface area contributed by atoms with Gasteiger partial charge in [-0.2, -0.15) is 0 Å². The molecule has 2 N–H and O–H groups in total. The number of benzene rings is 1. The van der Waals surface area contributed by atoms with Crippen molar-refractivity contribution in [3.8, 4) is 5.75 Å². The van der Waals surface area contributed by atoms with Crippen LogP contribution in [0.5, 0.6) is 5.75 Å². The summed E-state index contributed by atoms with van der Waals surface area (Å²) in [5, 5.41) is 13.2. The number of rotatable bonds is 9. The Kier molecular flexibility index (Phi) is 10.3. The Labute approximate surface area is 229 Å². The van der Waals surface area contributed by atoms with Crippen molar-refractivity contribution in [3.05, 3.63) is 29.8 Å². The maximum atomic E-state index is 13.7. The van der Waals surface area contributed by atoms with E-state index >= 15 is 0 Å². The van der Waals surface area contributed by atoms with E-state index < -0.39 is 41.6 Å². The fourth-order valence-electron chi connectivity index (χ4n) is 4.70. The molecule has 2 aliphatic rings. The third-order valence-electron chi connectivity index (χ3n) is 6.38. The van der Waals surface area contributed by atoms with Crippen LogP contribution in [-0.4, -0.2) is 102 Å². The number of ether oxygens (including phenoxy) is 3. The molecule has 0 aromatic heterocycles. The maximum Gasteiger partial charge on any atom is 0.344 e. The molecule has 1 aromatic carbocycles. The van der Waals surface area contributed by atoms with Gasteiger partial charge in [0.25, 0.3) is 5.91 Å². The molecular weight excluding hydrogens is 506 g/mol. The van der Waals surface area contributed by atoms with Crippen LogP contribution in [0.1, 0.15) is 57.8 Å².